The van der Waals surface area contributed by atoms with Gasteiger partial charge >= 0.3 is 0 Å². The van der Waals surface area contributed by atoms with E-state index in [1.807, 2.05) is 25.1 Å². The van der Waals surface area contributed by atoms with Gasteiger partial charge in [0.15, 0.2) is 6.61 Å². The molecule has 1 aromatic carbocycles. The third-order valence-electron chi connectivity index (χ3n) is 3.88. The number of halogens is 1. The van der Waals surface area contributed by atoms with Crippen LogP contribution < -0.4 is 10.1 Å². The summed E-state index contributed by atoms with van der Waals surface area (Å²) in [6, 6.07) is 5.74. The lowest BCUT2D eigenvalue weighted by Crippen LogP contribution is -2.38. The van der Waals surface area contributed by atoms with Gasteiger partial charge in [0.1, 0.15) is 5.75 Å². The van der Waals surface area contributed by atoms with Gasteiger partial charge in [0, 0.05) is 12.5 Å². The molecular formula is C16H22BrNO3. The summed E-state index contributed by atoms with van der Waals surface area (Å²) in [5, 5.41) is 12.7. The topological polar surface area (TPSA) is 58.6 Å². The number of nitrogens with one attached hydrogen (secondary N) is 1. The largest absolute Gasteiger partial charge is 0.483 e. The predicted octanol–water partition coefficient (Wildman–Crippen LogP) is 2.80. The summed E-state index contributed by atoms with van der Waals surface area (Å²) in [4.78, 5) is 11.8. The summed E-state index contributed by atoms with van der Waals surface area (Å²) in [5.41, 5.74) is 1.13. The van der Waals surface area contributed by atoms with Crippen LogP contribution in [0.3, 0.4) is 0 Å². The highest BCUT2D eigenvalue weighted by Gasteiger charge is 2.23. The Hall–Kier alpha value is -1.07. The van der Waals surface area contributed by atoms with Gasteiger partial charge in [-0.2, -0.15) is 0 Å². The van der Waals surface area contributed by atoms with Crippen molar-refractivity contribution >= 4 is 21.8 Å². The second-order valence-corrected chi connectivity index (χ2v) is 6.49. The van der Waals surface area contributed by atoms with Crippen molar-refractivity contribution in [3.8, 4) is 5.75 Å². The maximum absolute atomic E-state index is 11.8. The molecule has 0 spiro atoms. The Morgan fingerprint density at radius 2 is 2.19 bits per heavy atom. The highest BCUT2D eigenvalue weighted by molar-refractivity contribution is 9.10. The third-order valence-corrected chi connectivity index (χ3v) is 4.50. The number of amides is 1. The Morgan fingerprint density at radius 3 is 2.90 bits per heavy atom. The smallest absolute Gasteiger partial charge is 0.257 e. The number of aryl methyl sites for hydroxylation is 1. The monoisotopic (exact) mass is 355 g/mol. The molecule has 21 heavy (non-hydrogen) atoms. The van der Waals surface area contributed by atoms with Crippen molar-refractivity contribution in [2.75, 3.05) is 13.2 Å². The Balaban J connectivity index is 1.74. The van der Waals surface area contributed by atoms with Gasteiger partial charge in [-0.05, 0) is 53.4 Å². The quantitative estimate of drug-likeness (QED) is 0.853. The number of carbonyl (C=O) groups is 1. The van der Waals surface area contributed by atoms with Crippen molar-refractivity contribution < 1.29 is 14.6 Å². The third kappa shape index (κ3) is 5.00. The maximum atomic E-state index is 11.8. The fraction of sp³-hybridized carbons (Fsp3) is 0.562. The fourth-order valence-electron chi connectivity index (χ4n) is 2.59. The van der Waals surface area contributed by atoms with Gasteiger partial charge in [-0.25, -0.2) is 0 Å². The zero-order chi connectivity index (χ0) is 15.2. The fourth-order valence-corrected chi connectivity index (χ4v) is 3.20. The van der Waals surface area contributed by atoms with Crippen LogP contribution in [-0.2, 0) is 4.79 Å². The minimum atomic E-state index is -0.286. The van der Waals surface area contributed by atoms with Gasteiger partial charge in [0.25, 0.3) is 5.91 Å². The van der Waals surface area contributed by atoms with Crippen LogP contribution in [0, 0.1) is 12.8 Å². The van der Waals surface area contributed by atoms with Crippen molar-refractivity contribution in [3.63, 3.8) is 0 Å². The Bertz CT molecular complexity index is 492. The summed E-state index contributed by atoms with van der Waals surface area (Å²) < 4.78 is 6.34. The zero-order valence-electron chi connectivity index (χ0n) is 12.3. The second-order valence-electron chi connectivity index (χ2n) is 5.64. The molecule has 0 aromatic heterocycles. The van der Waals surface area contributed by atoms with Crippen molar-refractivity contribution in [1.29, 1.82) is 0 Å². The standard InChI is InChI=1S/C16H22BrNO3/c1-11-6-7-15(13(17)8-11)21-10-16(20)18-9-12-4-2-3-5-14(12)19/h6-8,12,14,19H,2-5,9-10H2,1H3,(H,18,20). The van der Waals surface area contributed by atoms with Crippen LogP contribution in [0.1, 0.15) is 31.2 Å². The average molecular weight is 356 g/mol. The summed E-state index contributed by atoms with van der Waals surface area (Å²) in [6.07, 6.45) is 3.74. The molecule has 1 aliphatic carbocycles. The first-order valence-electron chi connectivity index (χ1n) is 7.40. The molecule has 2 N–H and O–H groups in total. The van der Waals surface area contributed by atoms with Gasteiger partial charge in [-0.1, -0.05) is 18.9 Å². The average Bonchev–Trinajstić information content (AvgIpc) is 2.45. The van der Waals surface area contributed by atoms with Crippen LogP contribution >= 0.6 is 15.9 Å². The highest BCUT2D eigenvalue weighted by atomic mass is 79.9. The zero-order valence-corrected chi connectivity index (χ0v) is 13.9. The Kier molecular flexibility index (Phi) is 6.06. The molecule has 2 unspecified atom stereocenters. The van der Waals surface area contributed by atoms with Gasteiger partial charge < -0.3 is 15.2 Å². The van der Waals surface area contributed by atoms with Crippen LogP contribution in [0.4, 0.5) is 0 Å². The number of carbonyl (C=O) groups excluding carboxylic acids is 1. The Labute approximate surface area is 134 Å². The number of aliphatic hydroxyl groups is 1. The molecular weight excluding hydrogens is 334 g/mol. The summed E-state index contributed by atoms with van der Waals surface area (Å²) >= 11 is 3.42. The van der Waals surface area contributed by atoms with Crippen LogP contribution in [0.15, 0.2) is 22.7 Å². The molecule has 2 atom stereocenters. The van der Waals surface area contributed by atoms with E-state index in [1.54, 1.807) is 0 Å². The molecule has 2 rings (SSSR count). The lowest BCUT2D eigenvalue weighted by molar-refractivity contribution is -0.123. The number of aliphatic hydroxyl groups excluding tert-OH is 1. The number of hydrogen-bond donors (Lipinski definition) is 2. The molecule has 116 valence electrons. The Morgan fingerprint density at radius 1 is 1.43 bits per heavy atom. The lowest BCUT2D eigenvalue weighted by Gasteiger charge is -2.27. The molecule has 0 saturated heterocycles. The highest BCUT2D eigenvalue weighted by Crippen LogP contribution is 2.26. The molecule has 5 heteroatoms. The molecule has 0 radical (unpaired) electrons. The SMILES string of the molecule is Cc1ccc(OCC(=O)NCC2CCCCC2O)c(Br)c1. The first-order valence-corrected chi connectivity index (χ1v) is 8.19. The van der Waals surface area contributed by atoms with E-state index in [1.165, 1.54) is 0 Å². The lowest BCUT2D eigenvalue weighted by atomic mass is 9.86. The van der Waals surface area contributed by atoms with Crippen LogP contribution in [-0.4, -0.2) is 30.3 Å². The van der Waals surface area contributed by atoms with E-state index in [9.17, 15) is 9.90 Å². The number of ether oxygens (including phenoxy) is 1. The minimum absolute atomic E-state index is 0.00945. The van der Waals surface area contributed by atoms with E-state index >= 15 is 0 Å². The van der Waals surface area contributed by atoms with Crippen molar-refractivity contribution in [3.05, 3.63) is 28.2 Å². The second kappa shape index (κ2) is 7.80. The van der Waals surface area contributed by atoms with E-state index in [0.29, 0.717) is 12.3 Å². The molecule has 1 fully saturated rings. The predicted molar refractivity (Wildman–Crippen MR) is 85.3 cm³/mol. The van der Waals surface area contributed by atoms with Gasteiger partial charge in [0.2, 0.25) is 0 Å². The van der Waals surface area contributed by atoms with Crippen molar-refractivity contribution in [1.82, 2.24) is 5.32 Å². The molecule has 0 heterocycles. The number of rotatable bonds is 5. The van der Waals surface area contributed by atoms with Gasteiger partial charge in [-0.3, -0.25) is 4.79 Å². The molecule has 0 bridgehead atoms. The van der Waals surface area contributed by atoms with Crippen LogP contribution in [0.2, 0.25) is 0 Å². The van der Waals surface area contributed by atoms with Crippen molar-refractivity contribution in [2.24, 2.45) is 5.92 Å². The molecule has 1 aliphatic rings. The molecule has 1 amide bonds. The number of benzene rings is 1. The van der Waals surface area contributed by atoms with E-state index in [-0.39, 0.29) is 24.5 Å². The molecule has 1 aromatic rings. The maximum Gasteiger partial charge on any atom is 0.257 e. The van der Waals surface area contributed by atoms with Crippen LogP contribution in [0.5, 0.6) is 5.75 Å². The van der Waals surface area contributed by atoms with Gasteiger partial charge in [-0.15, -0.1) is 0 Å². The van der Waals surface area contributed by atoms with Gasteiger partial charge in [0.05, 0.1) is 10.6 Å². The summed E-state index contributed by atoms with van der Waals surface area (Å²) in [5.74, 6) is 0.683. The van der Waals surface area contributed by atoms with E-state index in [2.05, 4.69) is 21.2 Å². The summed E-state index contributed by atoms with van der Waals surface area (Å²) in [7, 11) is 0. The van der Waals surface area contributed by atoms with Crippen LogP contribution in [0.25, 0.3) is 0 Å². The minimum Gasteiger partial charge on any atom is -0.483 e. The van der Waals surface area contributed by atoms with E-state index in [0.717, 1.165) is 35.7 Å². The molecule has 1 saturated carbocycles. The van der Waals surface area contributed by atoms with Crippen molar-refractivity contribution in [2.45, 2.75) is 38.7 Å². The first kappa shape index (κ1) is 16.3. The van der Waals surface area contributed by atoms with E-state index in [4.69, 9.17) is 4.74 Å². The normalized spacial score (nSPS) is 21.9. The first-order chi connectivity index (χ1) is 10.1. The number of hydrogen-bond acceptors (Lipinski definition) is 3. The summed E-state index contributed by atoms with van der Waals surface area (Å²) in [6.45, 7) is 2.51. The molecule has 0 aliphatic heterocycles. The molecule has 4 nitrogen and oxygen atoms in total. The van der Waals surface area contributed by atoms with E-state index < -0.39 is 0 Å².